The van der Waals surface area contributed by atoms with Gasteiger partial charge in [0.05, 0.1) is 5.69 Å². The Kier molecular flexibility index (Phi) is 4.40. The monoisotopic (exact) mass is 250 g/mol. The zero-order valence-corrected chi connectivity index (χ0v) is 11.9. The molecule has 18 heavy (non-hydrogen) atoms. The molecule has 1 aliphatic carbocycles. The number of aryl methyl sites for hydroxylation is 2. The second-order valence-corrected chi connectivity index (χ2v) is 5.63. The van der Waals surface area contributed by atoms with Gasteiger partial charge in [-0.25, -0.2) is 0 Å². The second-order valence-electron chi connectivity index (χ2n) is 5.63. The van der Waals surface area contributed by atoms with E-state index >= 15 is 0 Å². The van der Waals surface area contributed by atoms with Crippen molar-refractivity contribution in [2.75, 3.05) is 0 Å². The third-order valence-corrected chi connectivity index (χ3v) is 4.55. The number of nitrogens with zero attached hydrogens (tertiary/aromatic N) is 2. The van der Waals surface area contributed by atoms with Crippen molar-refractivity contribution in [3.63, 3.8) is 0 Å². The van der Waals surface area contributed by atoms with Gasteiger partial charge in [0.1, 0.15) is 0 Å². The van der Waals surface area contributed by atoms with E-state index in [1.54, 1.807) is 0 Å². The lowest BCUT2D eigenvalue weighted by Gasteiger charge is -2.22. The van der Waals surface area contributed by atoms with Gasteiger partial charge < -0.3 is 0 Å². The molecule has 1 aliphatic rings. The van der Waals surface area contributed by atoms with Gasteiger partial charge >= 0.3 is 0 Å². The molecule has 4 heteroatoms. The number of nitrogens with one attached hydrogen (secondary N) is 1. The van der Waals surface area contributed by atoms with Gasteiger partial charge in [0, 0.05) is 18.8 Å². The van der Waals surface area contributed by atoms with Crippen LogP contribution in [-0.4, -0.2) is 15.8 Å². The molecule has 1 heterocycles. The summed E-state index contributed by atoms with van der Waals surface area (Å²) in [6, 6.07) is 0.464. The number of aromatic nitrogens is 2. The van der Waals surface area contributed by atoms with Gasteiger partial charge in [0.15, 0.2) is 0 Å². The molecule has 1 saturated carbocycles. The highest BCUT2D eigenvalue weighted by Gasteiger charge is 2.24. The number of nitrogens with two attached hydrogens (primary N) is 1. The van der Waals surface area contributed by atoms with Gasteiger partial charge in [-0.1, -0.05) is 12.8 Å². The van der Waals surface area contributed by atoms with Crippen molar-refractivity contribution in [3.05, 3.63) is 17.0 Å². The Labute approximate surface area is 110 Å². The van der Waals surface area contributed by atoms with Crippen molar-refractivity contribution in [3.8, 4) is 0 Å². The van der Waals surface area contributed by atoms with Crippen molar-refractivity contribution in [1.29, 1.82) is 0 Å². The summed E-state index contributed by atoms with van der Waals surface area (Å²) in [5.74, 6) is 6.50. The number of hydrogen-bond donors (Lipinski definition) is 2. The normalized spacial score (nSPS) is 18.4. The van der Waals surface area contributed by atoms with Crippen LogP contribution < -0.4 is 11.3 Å². The summed E-state index contributed by atoms with van der Waals surface area (Å²) in [5, 5.41) is 4.48. The summed E-state index contributed by atoms with van der Waals surface area (Å²) in [4.78, 5) is 0. The Hall–Kier alpha value is -0.870. The molecule has 3 N–H and O–H groups in total. The molecule has 1 aromatic heterocycles. The van der Waals surface area contributed by atoms with Crippen LogP contribution in [0.25, 0.3) is 0 Å². The standard InChI is InChI=1S/C14H26N4/c1-10-13(11(2)18(3)17-10)8-9-14(16-15)12-6-4-5-7-12/h12,14,16H,4-9,15H2,1-3H3. The Balaban J connectivity index is 1.96. The second kappa shape index (κ2) is 5.85. The van der Waals surface area contributed by atoms with Gasteiger partial charge in [-0.15, -0.1) is 0 Å². The van der Waals surface area contributed by atoms with Gasteiger partial charge in [-0.05, 0) is 51.0 Å². The number of rotatable bonds is 5. The molecule has 0 aliphatic heterocycles. The van der Waals surface area contributed by atoms with Crippen LogP contribution in [0.15, 0.2) is 0 Å². The molecule has 0 aromatic carbocycles. The van der Waals surface area contributed by atoms with Crippen LogP contribution in [0.4, 0.5) is 0 Å². The molecule has 1 aromatic rings. The first kappa shape index (κ1) is 13.6. The van der Waals surface area contributed by atoms with E-state index in [0.717, 1.165) is 24.5 Å². The Morgan fingerprint density at radius 2 is 2.06 bits per heavy atom. The molecule has 0 spiro atoms. The molecule has 2 rings (SSSR count). The third kappa shape index (κ3) is 2.75. The average molecular weight is 250 g/mol. The molecule has 0 amide bonds. The maximum absolute atomic E-state index is 5.73. The fourth-order valence-electron chi connectivity index (χ4n) is 3.29. The SMILES string of the molecule is Cc1nn(C)c(C)c1CCC(NN)C1CCCC1. The predicted molar refractivity (Wildman–Crippen MR) is 74.1 cm³/mol. The number of hydrazine groups is 1. The van der Waals surface area contributed by atoms with Crippen LogP contribution in [0.1, 0.15) is 49.1 Å². The highest BCUT2D eigenvalue weighted by molar-refractivity contribution is 5.24. The number of hydrogen-bond acceptors (Lipinski definition) is 3. The molecular formula is C14H26N4. The molecule has 1 fully saturated rings. The van der Waals surface area contributed by atoms with Crippen LogP contribution in [0.3, 0.4) is 0 Å². The summed E-state index contributed by atoms with van der Waals surface area (Å²) in [6.45, 7) is 4.25. The predicted octanol–water partition coefficient (Wildman–Crippen LogP) is 1.99. The molecule has 1 unspecified atom stereocenters. The highest BCUT2D eigenvalue weighted by Crippen LogP contribution is 2.29. The Bertz CT molecular complexity index is 391. The van der Waals surface area contributed by atoms with Crippen LogP contribution in [0.2, 0.25) is 0 Å². The first-order chi connectivity index (χ1) is 8.63. The Morgan fingerprint density at radius 1 is 1.39 bits per heavy atom. The van der Waals surface area contributed by atoms with Crippen LogP contribution in [0, 0.1) is 19.8 Å². The van der Waals surface area contributed by atoms with E-state index in [-0.39, 0.29) is 0 Å². The Morgan fingerprint density at radius 3 is 2.56 bits per heavy atom. The molecule has 4 nitrogen and oxygen atoms in total. The van der Waals surface area contributed by atoms with E-state index in [1.165, 1.54) is 36.9 Å². The van der Waals surface area contributed by atoms with E-state index in [4.69, 9.17) is 5.84 Å². The van der Waals surface area contributed by atoms with E-state index in [9.17, 15) is 0 Å². The van der Waals surface area contributed by atoms with Crippen molar-refractivity contribution < 1.29 is 0 Å². The lowest BCUT2D eigenvalue weighted by molar-refractivity contribution is 0.344. The van der Waals surface area contributed by atoms with Crippen LogP contribution >= 0.6 is 0 Å². The van der Waals surface area contributed by atoms with Gasteiger partial charge in [0.2, 0.25) is 0 Å². The molecular weight excluding hydrogens is 224 g/mol. The summed E-state index contributed by atoms with van der Waals surface area (Å²) >= 11 is 0. The lowest BCUT2D eigenvalue weighted by atomic mass is 9.92. The van der Waals surface area contributed by atoms with E-state index in [0.29, 0.717) is 6.04 Å². The minimum Gasteiger partial charge on any atom is -0.272 e. The smallest absolute Gasteiger partial charge is 0.0628 e. The summed E-state index contributed by atoms with van der Waals surface area (Å²) < 4.78 is 1.98. The fraction of sp³-hybridized carbons (Fsp3) is 0.786. The van der Waals surface area contributed by atoms with Gasteiger partial charge in [0.25, 0.3) is 0 Å². The maximum Gasteiger partial charge on any atom is 0.0628 e. The van der Waals surface area contributed by atoms with Crippen molar-refractivity contribution in [1.82, 2.24) is 15.2 Å². The van der Waals surface area contributed by atoms with Crippen molar-refractivity contribution in [2.24, 2.45) is 18.8 Å². The van der Waals surface area contributed by atoms with Crippen molar-refractivity contribution >= 4 is 0 Å². The summed E-state index contributed by atoms with van der Waals surface area (Å²) in [5.41, 5.74) is 6.88. The van der Waals surface area contributed by atoms with E-state index < -0.39 is 0 Å². The maximum atomic E-state index is 5.73. The first-order valence-electron chi connectivity index (χ1n) is 7.08. The average Bonchev–Trinajstić information content (AvgIpc) is 2.94. The molecule has 1 atom stereocenters. The highest BCUT2D eigenvalue weighted by atomic mass is 15.3. The quantitative estimate of drug-likeness (QED) is 0.621. The molecule has 0 bridgehead atoms. The zero-order valence-electron chi connectivity index (χ0n) is 11.9. The molecule has 0 radical (unpaired) electrons. The van der Waals surface area contributed by atoms with E-state index in [2.05, 4.69) is 24.4 Å². The molecule has 0 saturated heterocycles. The summed E-state index contributed by atoms with van der Waals surface area (Å²) in [7, 11) is 2.02. The van der Waals surface area contributed by atoms with Crippen molar-refractivity contribution in [2.45, 2.75) is 58.4 Å². The first-order valence-corrected chi connectivity index (χ1v) is 7.08. The lowest BCUT2D eigenvalue weighted by Crippen LogP contribution is -2.40. The minimum atomic E-state index is 0.464. The summed E-state index contributed by atoms with van der Waals surface area (Å²) in [6.07, 6.45) is 7.60. The van der Waals surface area contributed by atoms with E-state index in [1.807, 2.05) is 11.7 Å². The third-order valence-electron chi connectivity index (χ3n) is 4.55. The topological polar surface area (TPSA) is 55.9 Å². The van der Waals surface area contributed by atoms with Crippen LogP contribution in [-0.2, 0) is 13.5 Å². The minimum absolute atomic E-state index is 0.464. The largest absolute Gasteiger partial charge is 0.272 e. The van der Waals surface area contributed by atoms with Crippen LogP contribution in [0.5, 0.6) is 0 Å². The fourth-order valence-corrected chi connectivity index (χ4v) is 3.29. The van der Waals surface area contributed by atoms with Gasteiger partial charge in [-0.2, -0.15) is 5.10 Å². The zero-order chi connectivity index (χ0) is 13.1. The van der Waals surface area contributed by atoms with Gasteiger partial charge in [-0.3, -0.25) is 16.0 Å². The molecule has 102 valence electrons.